The molecule has 0 aromatic heterocycles. The molecule has 2 amide bonds. The van der Waals surface area contributed by atoms with Gasteiger partial charge in [0.15, 0.2) is 0 Å². The number of benzene rings is 2. The molecule has 0 aliphatic heterocycles. The van der Waals surface area contributed by atoms with Crippen LogP contribution in [-0.4, -0.2) is 49.8 Å². The van der Waals surface area contributed by atoms with Crippen molar-refractivity contribution in [3.8, 4) is 0 Å². The van der Waals surface area contributed by atoms with Crippen LogP contribution in [0.1, 0.15) is 30.4 Å². The first-order chi connectivity index (χ1) is 12.3. The van der Waals surface area contributed by atoms with Gasteiger partial charge in [0.1, 0.15) is 0 Å². The van der Waals surface area contributed by atoms with Crippen molar-refractivity contribution in [2.75, 3.05) is 28.2 Å². The third-order valence-corrected chi connectivity index (χ3v) is 5.00. The molecule has 2 rings (SSSR count). The molecule has 2 aromatic rings. The zero-order valence-corrected chi connectivity index (χ0v) is 16.3. The highest BCUT2D eigenvalue weighted by molar-refractivity contribution is 5.90. The van der Waals surface area contributed by atoms with Gasteiger partial charge in [0.25, 0.3) is 0 Å². The first kappa shape index (κ1) is 19.7. The zero-order chi connectivity index (χ0) is 19.3. The van der Waals surface area contributed by atoms with Crippen molar-refractivity contribution in [1.82, 2.24) is 9.80 Å². The quantitative estimate of drug-likeness (QED) is 0.800. The molecule has 4 heteroatoms. The number of nitrogens with zero attached hydrogens (tertiary/aromatic N) is 2. The summed E-state index contributed by atoms with van der Waals surface area (Å²) < 4.78 is 0. The van der Waals surface area contributed by atoms with Crippen LogP contribution in [0.25, 0.3) is 0 Å². The lowest BCUT2D eigenvalue weighted by Crippen LogP contribution is -2.47. The first-order valence-electron chi connectivity index (χ1n) is 8.80. The molecule has 0 unspecified atom stereocenters. The Labute approximate surface area is 156 Å². The van der Waals surface area contributed by atoms with Crippen LogP contribution in [0, 0.1) is 0 Å². The maximum Gasteiger partial charge on any atom is 0.233 e. The lowest BCUT2D eigenvalue weighted by atomic mass is 9.66. The Hall–Kier alpha value is -2.62. The predicted molar refractivity (Wildman–Crippen MR) is 105 cm³/mol. The summed E-state index contributed by atoms with van der Waals surface area (Å²) in [4.78, 5) is 29.1. The minimum absolute atomic E-state index is 0.00700. The second-order valence-electron chi connectivity index (χ2n) is 7.22. The van der Waals surface area contributed by atoms with Gasteiger partial charge in [-0.2, -0.15) is 0 Å². The van der Waals surface area contributed by atoms with Crippen molar-refractivity contribution in [2.45, 2.75) is 24.7 Å². The van der Waals surface area contributed by atoms with E-state index < -0.39 is 5.41 Å². The number of likely N-dealkylation sites (N-methyl/N-ethyl adjacent to an activating group) is 1. The molecule has 0 saturated carbocycles. The Morgan fingerprint density at radius 3 is 1.81 bits per heavy atom. The highest BCUT2D eigenvalue weighted by atomic mass is 16.2. The maximum absolute atomic E-state index is 13.3. The molecule has 0 heterocycles. The van der Waals surface area contributed by atoms with Crippen molar-refractivity contribution >= 4 is 11.8 Å². The normalized spacial score (nSPS) is 14.2. The van der Waals surface area contributed by atoms with Gasteiger partial charge in [0.05, 0.1) is 5.41 Å². The minimum Gasteiger partial charge on any atom is -0.349 e. The van der Waals surface area contributed by atoms with Gasteiger partial charge in [0, 0.05) is 40.5 Å². The zero-order valence-electron chi connectivity index (χ0n) is 16.3. The Balaban J connectivity index is 2.65. The average Bonchev–Trinajstić information content (AvgIpc) is 2.65. The van der Waals surface area contributed by atoms with Crippen LogP contribution >= 0.6 is 0 Å². The standard InChI is InChI=1S/C22H28N2O2/c1-22(21(26)24(4)5,18-14-10-7-11-15-18)19(16-20(25)23(2)3)17-12-8-6-9-13-17/h6-15,19H,16H2,1-5H3/t19-,22-/m0/s1. The number of hydrogen-bond acceptors (Lipinski definition) is 2. The van der Waals surface area contributed by atoms with Crippen LogP contribution in [0.2, 0.25) is 0 Å². The van der Waals surface area contributed by atoms with Gasteiger partial charge in [-0.05, 0) is 18.1 Å². The summed E-state index contributed by atoms with van der Waals surface area (Å²) in [6, 6.07) is 19.6. The van der Waals surface area contributed by atoms with Gasteiger partial charge < -0.3 is 9.80 Å². The topological polar surface area (TPSA) is 40.6 Å². The fraction of sp³-hybridized carbons (Fsp3) is 0.364. The Kier molecular flexibility index (Phi) is 6.19. The van der Waals surface area contributed by atoms with Crippen molar-refractivity contribution in [1.29, 1.82) is 0 Å². The lowest BCUT2D eigenvalue weighted by molar-refractivity contribution is -0.136. The molecule has 0 spiro atoms. The summed E-state index contributed by atoms with van der Waals surface area (Å²) in [5.74, 6) is -0.271. The van der Waals surface area contributed by atoms with Crippen LogP contribution in [-0.2, 0) is 15.0 Å². The van der Waals surface area contributed by atoms with Crippen LogP contribution < -0.4 is 0 Å². The van der Waals surface area contributed by atoms with Gasteiger partial charge in [-0.15, -0.1) is 0 Å². The Morgan fingerprint density at radius 2 is 1.35 bits per heavy atom. The molecule has 138 valence electrons. The van der Waals surface area contributed by atoms with Crippen molar-refractivity contribution in [3.63, 3.8) is 0 Å². The van der Waals surface area contributed by atoms with E-state index in [1.54, 1.807) is 38.0 Å². The summed E-state index contributed by atoms with van der Waals surface area (Å²) in [6.07, 6.45) is 0.266. The predicted octanol–water partition coefficient (Wildman–Crippen LogP) is 3.29. The summed E-state index contributed by atoms with van der Waals surface area (Å²) in [5.41, 5.74) is 1.06. The maximum atomic E-state index is 13.3. The fourth-order valence-corrected chi connectivity index (χ4v) is 3.42. The van der Waals surface area contributed by atoms with E-state index in [1.807, 2.05) is 67.6 Å². The number of amides is 2. The van der Waals surface area contributed by atoms with Crippen molar-refractivity contribution < 1.29 is 9.59 Å². The smallest absolute Gasteiger partial charge is 0.233 e. The molecule has 2 atom stereocenters. The third-order valence-electron chi connectivity index (χ3n) is 5.00. The van der Waals surface area contributed by atoms with Crippen LogP contribution in [0.4, 0.5) is 0 Å². The molecule has 2 aromatic carbocycles. The first-order valence-corrected chi connectivity index (χ1v) is 8.80. The average molecular weight is 352 g/mol. The second-order valence-corrected chi connectivity index (χ2v) is 7.22. The molecule has 4 nitrogen and oxygen atoms in total. The van der Waals surface area contributed by atoms with Gasteiger partial charge in [0.2, 0.25) is 11.8 Å². The fourth-order valence-electron chi connectivity index (χ4n) is 3.42. The van der Waals surface area contributed by atoms with E-state index in [0.717, 1.165) is 11.1 Å². The molecule has 0 aliphatic rings. The molecule has 0 N–H and O–H groups in total. The van der Waals surface area contributed by atoms with E-state index in [4.69, 9.17) is 0 Å². The number of rotatable bonds is 6. The number of carbonyl (C=O) groups is 2. The van der Waals surface area contributed by atoms with Gasteiger partial charge in [-0.1, -0.05) is 60.7 Å². The molecule has 26 heavy (non-hydrogen) atoms. The summed E-state index contributed by atoms with van der Waals surface area (Å²) in [7, 11) is 7.02. The number of carbonyl (C=O) groups excluding carboxylic acids is 2. The summed E-state index contributed by atoms with van der Waals surface area (Å²) in [6.45, 7) is 1.95. The van der Waals surface area contributed by atoms with E-state index in [0.29, 0.717) is 0 Å². The molecule has 0 aliphatic carbocycles. The van der Waals surface area contributed by atoms with E-state index in [9.17, 15) is 9.59 Å². The molecule has 0 radical (unpaired) electrons. The van der Waals surface area contributed by atoms with E-state index >= 15 is 0 Å². The molecule has 0 bridgehead atoms. The highest BCUT2D eigenvalue weighted by Gasteiger charge is 2.45. The Morgan fingerprint density at radius 1 is 0.846 bits per heavy atom. The SMILES string of the molecule is CN(C)C(=O)C[C@@H](c1ccccc1)[C@@](C)(C(=O)N(C)C)c1ccccc1. The lowest BCUT2D eigenvalue weighted by Gasteiger charge is -2.39. The van der Waals surface area contributed by atoms with E-state index in [-0.39, 0.29) is 24.2 Å². The van der Waals surface area contributed by atoms with Gasteiger partial charge in [-0.25, -0.2) is 0 Å². The minimum atomic E-state index is -0.849. The highest BCUT2D eigenvalue weighted by Crippen LogP contribution is 2.42. The molecular weight excluding hydrogens is 324 g/mol. The van der Waals surface area contributed by atoms with Crippen LogP contribution in [0.3, 0.4) is 0 Å². The molecule has 0 saturated heterocycles. The van der Waals surface area contributed by atoms with Crippen LogP contribution in [0.15, 0.2) is 60.7 Å². The second kappa shape index (κ2) is 8.17. The Bertz CT molecular complexity index is 741. The monoisotopic (exact) mass is 352 g/mol. The largest absolute Gasteiger partial charge is 0.349 e. The van der Waals surface area contributed by atoms with Crippen LogP contribution in [0.5, 0.6) is 0 Å². The number of hydrogen-bond donors (Lipinski definition) is 0. The van der Waals surface area contributed by atoms with Crippen molar-refractivity contribution in [2.24, 2.45) is 0 Å². The third kappa shape index (κ3) is 3.96. The van der Waals surface area contributed by atoms with E-state index in [1.165, 1.54) is 0 Å². The summed E-state index contributed by atoms with van der Waals surface area (Å²) in [5, 5.41) is 0. The molecule has 0 fully saturated rings. The summed E-state index contributed by atoms with van der Waals surface area (Å²) >= 11 is 0. The van der Waals surface area contributed by atoms with Gasteiger partial charge in [-0.3, -0.25) is 9.59 Å². The van der Waals surface area contributed by atoms with E-state index in [2.05, 4.69) is 0 Å². The van der Waals surface area contributed by atoms with Gasteiger partial charge >= 0.3 is 0 Å². The van der Waals surface area contributed by atoms with Crippen molar-refractivity contribution in [3.05, 3.63) is 71.8 Å². The molecular formula is C22H28N2O2.